The first-order valence-corrected chi connectivity index (χ1v) is 11.1. The molecule has 0 N–H and O–H groups in total. The largest absolute Gasteiger partial charge is 0.274 e. The SMILES string of the molecule is CCC(C)(C)N(C1CC(=O)N(c2ccc(C#N)cc2)C1=O)S(=O)(=O)c1ccc(F)cc1. The van der Waals surface area contributed by atoms with Crippen LogP contribution in [0.2, 0.25) is 0 Å². The van der Waals surface area contributed by atoms with Crippen molar-refractivity contribution >= 4 is 27.5 Å². The molecule has 0 spiro atoms. The number of carbonyl (C=O) groups is 2. The number of sulfonamides is 1. The Morgan fingerprint density at radius 3 is 2.23 bits per heavy atom. The highest BCUT2D eigenvalue weighted by molar-refractivity contribution is 7.89. The average Bonchev–Trinajstić information content (AvgIpc) is 3.01. The smallest absolute Gasteiger partial charge is 0.252 e. The summed E-state index contributed by atoms with van der Waals surface area (Å²) in [6.45, 7) is 5.14. The van der Waals surface area contributed by atoms with E-state index in [0.29, 0.717) is 12.0 Å². The predicted molar refractivity (Wildman–Crippen MR) is 112 cm³/mol. The Hall–Kier alpha value is -3.09. The van der Waals surface area contributed by atoms with Gasteiger partial charge < -0.3 is 0 Å². The van der Waals surface area contributed by atoms with Gasteiger partial charge in [0.05, 0.1) is 28.6 Å². The summed E-state index contributed by atoms with van der Waals surface area (Å²) in [6.07, 6.45) is 0.0605. The molecule has 162 valence electrons. The van der Waals surface area contributed by atoms with E-state index in [1.807, 2.05) is 6.07 Å². The van der Waals surface area contributed by atoms with Gasteiger partial charge >= 0.3 is 0 Å². The molecule has 2 amide bonds. The number of nitriles is 1. The summed E-state index contributed by atoms with van der Waals surface area (Å²) in [7, 11) is -4.22. The van der Waals surface area contributed by atoms with Gasteiger partial charge in [0.1, 0.15) is 11.9 Å². The fraction of sp³-hybridized carbons (Fsp3) is 0.318. The molecule has 1 saturated heterocycles. The number of halogens is 1. The number of hydrogen-bond donors (Lipinski definition) is 0. The van der Waals surface area contributed by atoms with Gasteiger partial charge in [0.2, 0.25) is 15.9 Å². The number of rotatable bonds is 6. The van der Waals surface area contributed by atoms with Crippen molar-refractivity contribution in [1.82, 2.24) is 4.31 Å². The van der Waals surface area contributed by atoms with E-state index in [1.54, 1.807) is 20.8 Å². The Morgan fingerprint density at radius 1 is 1.13 bits per heavy atom. The zero-order valence-corrected chi connectivity index (χ0v) is 18.2. The Morgan fingerprint density at radius 2 is 1.71 bits per heavy atom. The number of hydrogen-bond acceptors (Lipinski definition) is 5. The summed E-state index contributed by atoms with van der Waals surface area (Å²) < 4.78 is 41.4. The van der Waals surface area contributed by atoms with Crippen molar-refractivity contribution in [3.63, 3.8) is 0 Å². The highest BCUT2D eigenvalue weighted by atomic mass is 32.2. The molecular weight excluding hydrogens is 421 g/mol. The first kappa shape index (κ1) is 22.6. The van der Waals surface area contributed by atoms with Crippen molar-refractivity contribution in [3.8, 4) is 6.07 Å². The quantitative estimate of drug-likeness (QED) is 0.639. The number of nitrogens with zero attached hydrogens (tertiary/aromatic N) is 3. The Kier molecular flexibility index (Phi) is 5.98. The van der Waals surface area contributed by atoms with Crippen molar-refractivity contribution in [2.24, 2.45) is 0 Å². The van der Waals surface area contributed by atoms with Crippen LogP contribution >= 0.6 is 0 Å². The van der Waals surface area contributed by atoms with Crippen LogP contribution in [0.25, 0.3) is 0 Å². The summed E-state index contributed by atoms with van der Waals surface area (Å²) in [5.74, 6) is -1.79. The van der Waals surface area contributed by atoms with Crippen LogP contribution in [-0.2, 0) is 19.6 Å². The molecule has 3 rings (SSSR count). The molecule has 0 bridgehead atoms. The molecule has 1 atom stereocenters. The fourth-order valence-electron chi connectivity index (χ4n) is 3.55. The second-order valence-corrected chi connectivity index (χ2v) is 9.68. The molecule has 1 fully saturated rings. The molecule has 1 aliphatic heterocycles. The van der Waals surface area contributed by atoms with E-state index in [1.165, 1.54) is 24.3 Å². The molecule has 31 heavy (non-hydrogen) atoms. The Bertz CT molecular complexity index is 1150. The third-order valence-corrected chi connectivity index (χ3v) is 7.63. The highest BCUT2D eigenvalue weighted by Gasteiger charge is 2.51. The normalized spacial score (nSPS) is 17.3. The summed E-state index contributed by atoms with van der Waals surface area (Å²) in [6, 6.07) is 11.0. The molecule has 0 aliphatic carbocycles. The summed E-state index contributed by atoms with van der Waals surface area (Å²) in [5, 5.41) is 8.95. The topological polar surface area (TPSA) is 98.5 Å². The Labute approximate surface area is 180 Å². The van der Waals surface area contributed by atoms with Gasteiger partial charge in [0.15, 0.2) is 0 Å². The molecule has 2 aromatic carbocycles. The van der Waals surface area contributed by atoms with Crippen LogP contribution < -0.4 is 4.90 Å². The monoisotopic (exact) mass is 443 g/mol. The van der Waals surface area contributed by atoms with Crippen LogP contribution in [0.1, 0.15) is 39.2 Å². The highest BCUT2D eigenvalue weighted by Crippen LogP contribution is 2.35. The number of benzene rings is 2. The number of anilines is 1. The van der Waals surface area contributed by atoms with Crippen molar-refractivity contribution in [2.75, 3.05) is 4.90 Å². The van der Waals surface area contributed by atoms with Gasteiger partial charge in [-0.15, -0.1) is 0 Å². The van der Waals surface area contributed by atoms with E-state index < -0.39 is 39.2 Å². The van der Waals surface area contributed by atoms with Gasteiger partial charge in [0, 0.05) is 5.54 Å². The third-order valence-electron chi connectivity index (χ3n) is 5.49. The number of carbonyl (C=O) groups excluding carboxylic acids is 2. The lowest BCUT2D eigenvalue weighted by atomic mass is 10.00. The van der Waals surface area contributed by atoms with Crippen LogP contribution in [0.15, 0.2) is 53.4 Å². The molecule has 1 unspecified atom stereocenters. The summed E-state index contributed by atoms with van der Waals surface area (Å²) in [4.78, 5) is 26.8. The molecule has 9 heteroatoms. The lowest BCUT2D eigenvalue weighted by Gasteiger charge is -2.39. The van der Waals surface area contributed by atoms with Gasteiger partial charge in [-0.05, 0) is 68.8 Å². The average molecular weight is 444 g/mol. The first-order chi connectivity index (χ1) is 14.5. The molecule has 1 aliphatic rings. The minimum absolute atomic E-state index is 0.160. The third kappa shape index (κ3) is 4.09. The van der Waals surface area contributed by atoms with E-state index in [0.717, 1.165) is 33.5 Å². The van der Waals surface area contributed by atoms with E-state index in [4.69, 9.17) is 5.26 Å². The molecule has 1 heterocycles. The fourth-order valence-corrected chi connectivity index (χ4v) is 5.53. The molecular formula is C22H22FN3O4S. The lowest BCUT2D eigenvalue weighted by molar-refractivity contribution is -0.122. The van der Waals surface area contributed by atoms with Crippen molar-refractivity contribution in [2.45, 2.75) is 50.1 Å². The van der Waals surface area contributed by atoms with E-state index in [2.05, 4.69) is 0 Å². The minimum atomic E-state index is -4.22. The van der Waals surface area contributed by atoms with Crippen molar-refractivity contribution < 1.29 is 22.4 Å². The zero-order chi connectivity index (χ0) is 23.0. The predicted octanol–water partition coefficient (Wildman–Crippen LogP) is 3.21. The molecule has 0 saturated carbocycles. The summed E-state index contributed by atoms with van der Waals surface area (Å²) >= 11 is 0. The van der Waals surface area contributed by atoms with Gasteiger partial charge in [-0.25, -0.2) is 17.7 Å². The van der Waals surface area contributed by atoms with Crippen LogP contribution in [0.4, 0.5) is 10.1 Å². The van der Waals surface area contributed by atoms with Gasteiger partial charge in [-0.3, -0.25) is 9.59 Å². The maximum atomic E-state index is 13.5. The van der Waals surface area contributed by atoms with Gasteiger partial charge in [0.25, 0.3) is 5.91 Å². The van der Waals surface area contributed by atoms with Crippen LogP contribution in [0.5, 0.6) is 0 Å². The zero-order valence-electron chi connectivity index (χ0n) is 17.4. The first-order valence-electron chi connectivity index (χ1n) is 9.70. The van der Waals surface area contributed by atoms with E-state index >= 15 is 0 Å². The van der Waals surface area contributed by atoms with Crippen LogP contribution in [0, 0.1) is 17.1 Å². The van der Waals surface area contributed by atoms with Crippen LogP contribution in [0.3, 0.4) is 0 Å². The lowest BCUT2D eigenvalue weighted by Crippen LogP contribution is -2.55. The second-order valence-electron chi connectivity index (χ2n) is 7.87. The maximum absolute atomic E-state index is 13.5. The number of amides is 2. The van der Waals surface area contributed by atoms with E-state index in [9.17, 15) is 22.4 Å². The molecule has 0 aromatic heterocycles. The maximum Gasteiger partial charge on any atom is 0.252 e. The van der Waals surface area contributed by atoms with E-state index in [-0.39, 0.29) is 17.0 Å². The van der Waals surface area contributed by atoms with Crippen LogP contribution in [-0.4, -0.2) is 36.1 Å². The van der Waals surface area contributed by atoms with Gasteiger partial charge in [-0.2, -0.15) is 9.57 Å². The number of imide groups is 1. The standard InChI is InChI=1S/C22H22FN3O4S/c1-4-22(2,3)26(31(29,30)18-11-7-16(23)8-12-18)19-13-20(27)25(21(19)28)17-9-5-15(14-24)6-10-17/h5-12,19H,4,13H2,1-3H3. The molecule has 7 nitrogen and oxygen atoms in total. The Balaban J connectivity index is 2.06. The molecule has 2 aromatic rings. The van der Waals surface area contributed by atoms with Gasteiger partial charge in [-0.1, -0.05) is 6.92 Å². The van der Waals surface area contributed by atoms with Crippen molar-refractivity contribution in [1.29, 1.82) is 5.26 Å². The minimum Gasteiger partial charge on any atom is -0.274 e. The second kappa shape index (κ2) is 8.21. The summed E-state index contributed by atoms with van der Waals surface area (Å²) in [5.41, 5.74) is -0.355. The molecule has 0 radical (unpaired) electrons. The van der Waals surface area contributed by atoms with Crippen molar-refractivity contribution in [3.05, 3.63) is 59.9 Å².